The Hall–Kier alpha value is -2.47. The van der Waals surface area contributed by atoms with Crippen molar-refractivity contribution in [1.82, 2.24) is 0 Å². The van der Waals surface area contributed by atoms with E-state index in [1.54, 1.807) is 0 Å². The standard InChI is InChI=1S/C10H8F2N4O2/c11-8-5-7(3-1-2-4-14-15-13)10(16(17)18)9(12)6-8/h1,3,5-6H,2,4H2. The Morgan fingerprint density at radius 2 is 2.22 bits per heavy atom. The van der Waals surface area contributed by atoms with Gasteiger partial charge in [0.1, 0.15) is 5.82 Å². The summed E-state index contributed by atoms with van der Waals surface area (Å²) >= 11 is 0. The number of nitro benzene ring substituents is 1. The van der Waals surface area contributed by atoms with E-state index in [-0.39, 0.29) is 12.1 Å². The van der Waals surface area contributed by atoms with Crippen LogP contribution in [-0.2, 0) is 0 Å². The molecule has 0 aromatic heterocycles. The van der Waals surface area contributed by atoms with E-state index in [9.17, 15) is 18.9 Å². The Balaban J connectivity index is 2.99. The Bertz CT molecular complexity index is 539. The number of benzene rings is 1. The summed E-state index contributed by atoms with van der Waals surface area (Å²) in [6.45, 7) is 0.165. The number of hydrogen-bond donors (Lipinski definition) is 0. The second kappa shape index (κ2) is 6.31. The van der Waals surface area contributed by atoms with E-state index in [0.29, 0.717) is 12.5 Å². The number of azide groups is 1. The highest BCUT2D eigenvalue weighted by Crippen LogP contribution is 2.25. The van der Waals surface area contributed by atoms with Gasteiger partial charge in [0.2, 0.25) is 5.82 Å². The molecule has 94 valence electrons. The van der Waals surface area contributed by atoms with E-state index in [0.717, 1.165) is 6.07 Å². The lowest BCUT2D eigenvalue weighted by molar-refractivity contribution is -0.387. The summed E-state index contributed by atoms with van der Waals surface area (Å²) in [7, 11) is 0. The second-order valence-electron chi connectivity index (χ2n) is 3.23. The fraction of sp³-hybridized carbons (Fsp3) is 0.200. The maximum atomic E-state index is 13.2. The molecular formula is C10H8F2N4O2. The van der Waals surface area contributed by atoms with Gasteiger partial charge in [0.05, 0.1) is 10.5 Å². The summed E-state index contributed by atoms with van der Waals surface area (Å²) in [5, 5.41) is 13.9. The molecule has 1 aromatic carbocycles. The van der Waals surface area contributed by atoms with Crippen molar-refractivity contribution in [2.75, 3.05) is 6.54 Å². The van der Waals surface area contributed by atoms with Crippen molar-refractivity contribution in [2.24, 2.45) is 5.11 Å². The van der Waals surface area contributed by atoms with Gasteiger partial charge in [-0.25, -0.2) is 4.39 Å². The monoisotopic (exact) mass is 254 g/mol. The van der Waals surface area contributed by atoms with Crippen molar-refractivity contribution in [3.05, 3.63) is 56.0 Å². The van der Waals surface area contributed by atoms with Gasteiger partial charge < -0.3 is 0 Å². The van der Waals surface area contributed by atoms with Gasteiger partial charge >= 0.3 is 5.69 Å². The molecule has 0 saturated heterocycles. The molecule has 0 amide bonds. The van der Waals surface area contributed by atoms with Gasteiger partial charge in [0.15, 0.2) is 0 Å². The molecule has 0 aliphatic carbocycles. The van der Waals surface area contributed by atoms with Gasteiger partial charge in [0.25, 0.3) is 0 Å². The van der Waals surface area contributed by atoms with Crippen LogP contribution in [0.2, 0.25) is 0 Å². The molecule has 0 N–H and O–H groups in total. The Kier molecular flexibility index (Phi) is 4.77. The molecule has 0 aliphatic rings. The largest absolute Gasteiger partial charge is 0.312 e. The Labute approximate surface area is 100 Å². The first-order valence-corrected chi connectivity index (χ1v) is 4.87. The first kappa shape index (κ1) is 13.6. The minimum Gasteiger partial charge on any atom is -0.258 e. The lowest BCUT2D eigenvalue weighted by atomic mass is 10.1. The third-order valence-electron chi connectivity index (χ3n) is 2.00. The molecule has 0 heterocycles. The Morgan fingerprint density at radius 3 is 2.83 bits per heavy atom. The third-order valence-corrected chi connectivity index (χ3v) is 2.00. The molecule has 1 rings (SSSR count). The average Bonchev–Trinajstić information content (AvgIpc) is 2.27. The second-order valence-corrected chi connectivity index (χ2v) is 3.23. The van der Waals surface area contributed by atoms with Gasteiger partial charge in [-0.1, -0.05) is 17.3 Å². The van der Waals surface area contributed by atoms with Gasteiger partial charge in [-0.15, -0.1) is 0 Å². The molecule has 8 heteroatoms. The smallest absolute Gasteiger partial charge is 0.258 e. The lowest BCUT2D eigenvalue weighted by Crippen LogP contribution is -1.97. The number of halogens is 2. The molecule has 0 spiro atoms. The third kappa shape index (κ3) is 3.53. The fourth-order valence-corrected chi connectivity index (χ4v) is 1.29. The topological polar surface area (TPSA) is 91.9 Å². The van der Waals surface area contributed by atoms with E-state index in [4.69, 9.17) is 5.53 Å². The molecule has 18 heavy (non-hydrogen) atoms. The number of rotatable bonds is 5. The average molecular weight is 254 g/mol. The van der Waals surface area contributed by atoms with Crippen LogP contribution in [0, 0.1) is 21.7 Å². The van der Waals surface area contributed by atoms with Crippen molar-refractivity contribution in [1.29, 1.82) is 0 Å². The number of nitro groups is 1. The zero-order chi connectivity index (χ0) is 13.5. The molecule has 0 fully saturated rings. The van der Waals surface area contributed by atoms with Crippen LogP contribution in [0.1, 0.15) is 12.0 Å². The zero-order valence-electron chi connectivity index (χ0n) is 9.08. The van der Waals surface area contributed by atoms with Crippen LogP contribution in [0.4, 0.5) is 14.5 Å². The molecule has 0 unspecified atom stereocenters. The van der Waals surface area contributed by atoms with Crippen LogP contribution >= 0.6 is 0 Å². The SMILES string of the molecule is [N-]=[N+]=NCCC=Cc1cc(F)cc(F)c1[N+](=O)[O-]. The molecule has 0 aliphatic heterocycles. The van der Waals surface area contributed by atoms with Crippen molar-refractivity contribution in [3.8, 4) is 0 Å². The van der Waals surface area contributed by atoms with E-state index >= 15 is 0 Å². The van der Waals surface area contributed by atoms with Crippen LogP contribution in [0.15, 0.2) is 23.3 Å². The number of hydrogen-bond acceptors (Lipinski definition) is 3. The quantitative estimate of drug-likeness (QED) is 0.200. The summed E-state index contributed by atoms with van der Waals surface area (Å²) in [5.74, 6) is -2.12. The van der Waals surface area contributed by atoms with Gasteiger partial charge in [-0.3, -0.25) is 10.1 Å². The molecule has 0 radical (unpaired) electrons. The van der Waals surface area contributed by atoms with Crippen LogP contribution in [0.3, 0.4) is 0 Å². The molecule has 6 nitrogen and oxygen atoms in total. The van der Waals surface area contributed by atoms with Crippen LogP contribution in [-0.4, -0.2) is 11.5 Å². The molecule has 0 bridgehead atoms. The predicted molar refractivity (Wildman–Crippen MR) is 60.7 cm³/mol. The maximum Gasteiger partial charge on any atom is 0.312 e. The Morgan fingerprint density at radius 1 is 1.50 bits per heavy atom. The van der Waals surface area contributed by atoms with Crippen LogP contribution in [0.25, 0.3) is 16.5 Å². The van der Waals surface area contributed by atoms with Crippen molar-refractivity contribution in [3.63, 3.8) is 0 Å². The highest BCUT2D eigenvalue weighted by atomic mass is 19.1. The van der Waals surface area contributed by atoms with Crippen molar-refractivity contribution in [2.45, 2.75) is 6.42 Å². The van der Waals surface area contributed by atoms with Gasteiger partial charge in [-0.05, 0) is 18.0 Å². The molecule has 0 saturated carbocycles. The van der Waals surface area contributed by atoms with E-state index in [2.05, 4.69) is 10.0 Å². The first-order chi connectivity index (χ1) is 8.56. The highest BCUT2D eigenvalue weighted by Gasteiger charge is 2.19. The number of nitrogens with zero attached hydrogens (tertiary/aromatic N) is 4. The fourth-order valence-electron chi connectivity index (χ4n) is 1.29. The normalized spacial score (nSPS) is 10.3. The summed E-state index contributed by atoms with van der Waals surface area (Å²) in [6, 6.07) is 1.32. The van der Waals surface area contributed by atoms with Crippen molar-refractivity contribution >= 4 is 11.8 Å². The summed E-state index contributed by atoms with van der Waals surface area (Å²) in [5.41, 5.74) is 7.07. The van der Waals surface area contributed by atoms with E-state index in [1.807, 2.05) is 0 Å². The van der Waals surface area contributed by atoms with Crippen LogP contribution < -0.4 is 0 Å². The summed E-state index contributed by atoms with van der Waals surface area (Å²) < 4.78 is 26.1. The van der Waals surface area contributed by atoms with E-state index in [1.165, 1.54) is 12.2 Å². The lowest BCUT2D eigenvalue weighted by Gasteiger charge is -1.99. The molecular weight excluding hydrogens is 246 g/mol. The van der Waals surface area contributed by atoms with Gasteiger partial charge in [-0.2, -0.15) is 4.39 Å². The van der Waals surface area contributed by atoms with Crippen molar-refractivity contribution < 1.29 is 13.7 Å². The molecule has 0 atom stereocenters. The van der Waals surface area contributed by atoms with E-state index < -0.39 is 22.2 Å². The predicted octanol–water partition coefficient (Wildman–Crippen LogP) is 3.59. The summed E-state index contributed by atoms with van der Waals surface area (Å²) in [4.78, 5) is 12.2. The minimum atomic E-state index is -1.23. The van der Waals surface area contributed by atoms with Gasteiger partial charge in [0, 0.05) is 17.5 Å². The zero-order valence-corrected chi connectivity index (χ0v) is 9.08. The minimum absolute atomic E-state index is 0.165. The molecule has 1 aromatic rings. The summed E-state index contributed by atoms with van der Waals surface area (Å²) in [6.07, 6.45) is 2.98. The maximum absolute atomic E-state index is 13.2. The van der Waals surface area contributed by atoms with Crippen LogP contribution in [0.5, 0.6) is 0 Å². The first-order valence-electron chi connectivity index (χ1n) is 4.87. The highest BCUT2D eigenvalue weighted by molar-refractivity contribution is 5.61.